The van der Waals surface area contributed by atoms with Crippen LogP contribution in [0.1, 0.15) is 5.56 Å². The molecule has 0 bridgehead atoms. The minimum absolute atomic E-state index is 0.714. The van der Waals surface area contributed by atoms with E-state index in [-0.39, 0.29) is 0 Å². The van der Waals surface area contributed by atoms with Gasteiger partial charge in [-0.1, -0.05) is 12.1 Å². The molecule has 2 rings (SSSR count). The Labute approximate surface area is 98.3 Å². The molecule has 0 saturated heterocycles. The SMILES string of the molecule is NNc1ncccc1CSc1ccccn1. The van der Waals surface area contributed by atoms with Gasteiger partial charge < -0.3 is 5.43 Å². The van der Waals surface area contributed by atoms with Crippen LogP contribution in [-0.2, 0) is 5.75 Å². The van der Waals surface area contributed by atoms with E-state index >= 15 is 0 Å². The van der Waals surface area contributed by atoms with E-state index in [2.05, 4.69) is 15.4 Å². The molecule has 0 unspecified atom stereocenters. The molecule has 2 aromatic heterocycles. The van der Waals surface area contributed by atoms with Crippen LogP contribution in [0.15, 0.2) is 47.8 Å². The zero-order valence-corrected chi connectivity index (χ0v) is 9.45. The van der Waals surface area contributed by atoms with E-state index < -0.39 is 0 Å². The maximum atomic E-state index is 5.38. The average Bonchev–Trinajstić information content (AvgIpc) is 2.38. The van der Waals surface area contributed by atoms with E-state index in [4.69, 9.17) is 5.84 Å². The largest absolute Gasteiger partial charge is 0.308 e. The molecule has 3 N–H and O–H groups in total. The molecule has 16 heavy (non-hydrogen) atoms. The first-order valence-corrected chi connectivity index (χ1v) is 5.83. The topological polar surface area (TPSA) is 63.8 Å². The summed E-state index contributed by atoms with van der Waals surface area (Å²) < 4.78 is 0. The van der Waals surface area contributed by atoms with Crippen LogP contribution in [0.25, 0.3) is 0 Å². The number of anilines is 1. The lowest BCUT2D eigenvalue weighted by Crippen LogP contribution is -2.10. The number of pyridine rings is 2. The van der Waals surface area contributed by atoms with Crippen LogP contribution in [0.2, 0.25) is 0 Å². The van der Waals surface area contributed by atoms with Gasteiger partial charge in [-0.25, -0.2) is 15.8 Å². The molecule has 0 aliphatic carbocycles. The number of nitrogens with two attached hydrogens (primary N) is 1. The zero-order chi connectivity index (χ0) is 11.2. The van der Waals surface area contributed by atoms with Gasteiger partial charge in [0.1, 0.15) is 5.82 Å². The van der Waals surface area contributed by atoms with Crippen molar-refractivity contribution in [2.45, 2.75) is 10.8 Å². The highest BCUT2D eigenvalue weighted by atomic mass is 32.2. The summed E-state index contributed by atoms with van der Waals surface area (Å²) >= 11 is 1.66. The van der Waals surface area contributed by atoms with E-state index in [9.17, 15) is 0 Å². The first-order chi connectivity index (χ1) is 7.90. The fraction of sp³-hybridized carbons (Fsp3) is 0.0909. The molecular weight excluding hydrogens is 220 g/mol. The maximum Gasteiger partial charge on any atom is 0.143 e. The van der Waals surface area contributed by atoms with Crippen molar-refractivity contribution in [2.75, 3.05) is 5.43 Å². The number of hydrazine groups is 1. The zero-order valence-electron chi connectivity index (χ0n) is 8.63. The van der Waals surface area contributed by atoms with Gasteiger partial charge in [0.05, 0.1) is 5.03 Å². The quantitative estimate of drug-likeness (QED) is 0.480. The average molecular weight is 232 g/mol. The van der Waals surface area contributed by atoms with Gasteiger partial charge in [0.2, 0.25) is 0 Å². The van der Waals surface area contributed by atoms with Crippen molar-refractivity contribution >= 4 is 17.6 Å². The molecule has 0 aromatic carbocycles. The van der Waals surface area contributed by atoms with Crippen molar-refractivity contribution in [1.29, 1.82) is 0 Å². The molecule has 0 aliphatic heterocycles. The Hall–Kier alpha value is -1.59. The van der Waals surface area contributed by atoms with Gasteiger partial charge in [0.25, 0.3) is 0 Å². The standard InChI is InChI=1S/C11H12N4S/c12-15-11-9(4-3-7-14-11)8-16-10-5-1-2-6-13-10/h1-7H,8,12H2,(H,14,15). The molecule has 5 heteroatoms. The fourth-order valence-electron chi connectivity index (χ4n) is 1.27. The Morgan fingerprint density at radius 3 is 2.75 bits per heavy atom. The number of nitrogens with one attached hydrogen (secondary N) is 1. The molecule has 0 saturated carbocycles. The van der Waals surface area contributed by atoms with Gasteiger partial charge >= 0.3 is 0 Å². The third-order valence-corrected chi connectivity index (χ3v) is 3.03. The summed E-state index contributed by atoms with van der Waals surface area (Å²) in [6.45, 7) is 0. The van der Waals surface area contributed by atoms with Crippen molar-refractivity contribution in [2.24, 2.45) is 5.84 Å². The Kier molecular flexibility index (Phi) is 3.74. The molecule has 0 atom stereocenters. The summed E-state index contributed by atoms with van der Waals surface area (Å²) in [7, 11) is 0. The fourth-order valence-corrected chi connectivity index (χ4v) is 2.12. The molecule has 0 fully saturated rings. The molecule has 0 amide bonds. The molecule has 0 aliphatic rings. The van der Waals surface area contributed by atoms with Crippen molar-refractivity contribution in [1.82, 2.24) is 9.97 Å². The lowest BCUT2D eigenvalue weighted by Gasteiger charge is -2.06. The van der Waals surface area contributed by atoms with Gasteiger partial charge in [-0.3, -0.25) is 0 Å². The summed E-state index contributed by atoms with van der Waals surface area (Å²) in [6.07, 6.45) is 3.50. The molecule has 0 radical (unpaired) electrons. The smallest absolute Gasteiger partial charge is 0.143 e. The summed E-state index contributed by atoms with van der Waals surface area (Å²) in [5, 5.41) is 0.995. The van der Waals surface area contributed by atoms with Gasteiger partial charge in [-0.05, 0) is 18.2 Å². The van der Waals surface area contributed by atoms with Crippen LogP contribution in [0.4, 0.5) is 5.82 Å². The highest BCUT2D eigenvalue weighted by Gasteiger charge is 2.02. The van der Waals surface area contributed by atoms with Crippen molar-refractivity contribution in [3.63, 3.8) is 0 Å². The number of rotatable bonds is 4. The first kappa shape index (κ1) is 10.9. The van der Waals surface area contributed by atoms with E-state index in [0.29, 0.717) is 5.82 Å². The minimum atomic E-state index is 0.714. The normalized spacial score (nSPS) is 10.1. The van der Waals surface area contributed by atoms with Gasteiger partial charge in [0.15, 0.2) is 0 Å². The third-order valence-electron chi connectivity index (χ3n) is 2.04. The molecular formula is C11H12N4S. The third kappa shape index (κ3) is 2.71. The van der Waals surface area contributed by atoms with Crippen molar-refractivity contribution in [3.8, 4) is 0 Å². The van der Waals surface area contributed by atoms with Crippen molar-refractivity contribution < 1.29 is 0 Å². The number of hydrogen-bond donors (Lipinski definition) is 2. The lowest BCUT2D eigenvalue weighted by molar-refractivity contribution is 1.13. The van der Waals surface area contributed by atoms with Gasteiger partial charge in [-0.15, -0.1) is 11.8 Å². The second-order valence-corrected chi connectivity index (χ2v) is 4.11. The van der Waals surface area contributed by atoms with Crippen LogP contribution < -0.4 is 11.3 Å². The van der Waals surface area contributed by atoms with Crippen LogP contribution in [-0.4, -0.2) is 9.97 Å². The molecule has 2 heterocycles. The molecule has 0 spiro atoms. The highest BCUT2D eigenvalue weighted by Crippen LogP contribution is 2.23. The number of aromatic nitrogens is 2. The van der Waals surface area contributed by atoms with Gasteiger partial charge in [0, 0.05) is 23.7 Å². The van der Waals surface area contributed by atoms with Crippen LogP contribution in [0, 0.1) is 0 Å². The predicted molar refractivity (Wildman–Crippen MR) is 65.8 cm³/mol. The highest BCUT2D eigenvalue weighted by molar-refractivity contribution is 7.98. The second-order valence-electron chi connectivity index (χ2n) is 3.11. The molecule has 4 nitrogen and oxygen atoms in total. The molecule has 2 aromatic rings. The van der Waals surface area contributed by atoms with E-state index in [0.717, 1.165) is 16.3 Å². The summed E-state index contributed by atoms with van der Waals surface area (Å²) in [4.78, 5) is 8.38. The summed E-state index contributed by atoms with van der Waals surface area (Å²) in [5.74, 6) is 6.89. The number of nitrogen functional groups attached to an aromatic ring is 1. The Balaban J connectivity index is 2.05. The maximum absolute atomic E-state index is 5.38. The predicted octanol–water partition coefficient (Wildman–Crippen LogP) is 2.05. The van der Waals surface area contributed by atoms with Gasteiger partial charge in [-0.2, -0.15) is 0 Å². The van der Waals surface area contributed by atoms with Crippen LogP contribution in [0.3, 0.4) is 0 Å². The minimum Gasteiger partial charge on any atom is -0.308 e. The van der Waals surface area contributed by atoms with E-state index in [1.807, 2.05) is 30.3 Å². The Morgan fingerprint density at radius 2 is 2.00 bits per heavy atom. The van der Waals surface area contributed by atoms with Crippen molar-refractivity contribution in [3.05, 3.63) is 48.3 Å². The van der Waals surface area contributed by atoms with E-state index in [1.54, 1.807) is 24.2 Å². The van der Waals surface area contributed by atoms with Crippen LogP contribution >= 0.6 is 11.8 Å². The van der Waals surface area contributed by atoms with Crippen LogP contribution in [0.5, 0.6) is 0 Å². The lowest BCUT2D eigenvalue weighted by atomic mass is 10.3. The number of hydrogen-bond acceptors (Lipinski definition) is 5. The number of thioether (sulfide) groups is 1. The first-order valence-electron chi connectivity index (χ1n) is 4.84. The molecule has 82 valence electrons. The summed E-state index contributed by atoms with van der Waals surface area (Å²) in [6, 6.07) is 9.76. The summed E-state index contributed by atoms with van der Waals surface area (Å²) in [5.41, 5.74) is 3.66. The Morgan fingerprint density at radius 1 is 1.12 bits per heavy atom. The monoisotopic (exact) mass is 232 g/mol. The van der Waals surface area contributed by atoms with E-state index in [1.165, 1.54) is 0 Å². The second kappa shape index (κ2) is 5.48. The number of nitrogens with zero attached hydrogens (tertiary/aromatic N) is 2. The Bertz CT molecular complexity index is 447.